The molecule has 1 unspecified atom stereocenters. The molecule has 0 spiro atoms. The normalized spacial score (nSPS) is 11.9. The van der Waals surface area contributed by atoms with Gasteiger partial charge in [-0.2, -0.15) is 0 Å². The van der Waals surface area contributed by atoms with Crippen molar-refractivity contribution in [2.75, 3.05) is 19.7 Å². The molecule has 0 saturated carbocycles. The Kier molecular flexibility index (Phi) is 6.61. The van der Waals surface area contributed by atoms with Gasteiger partial charge in [-0.25, -0.2) is 0 Å². The fraction of sp³-hybridized carbons (Fsp3) is 0.278. The lowest BCUT2D eigenvalue weighted by molar-refractivity contribution is -0.120. The molecule has 0 saturated heterocycles. The zero-order valence-electron chi connectivity index (χ0n) is 12.5. The van der Waals surface area contributed by atoms with E-state index in [0.717, 1.165) is 12.0 Å². The van der Waals surface area contributed by atoms with Crippen LogP contribution >= 0.6 is 0 Å². The highest BCUT2D eigenvalue weighted by molar-refractivity contribution is 5.78. The number of rotatable bonds is 8. The first kappa shape index (κ1) is 16.2. The predicted octanol–water partition coefficient (Wildman–Crippen LogP) is 1.67. The van der Waals surface area contributed by atoms with Gasteiger partial charge in [-0.3, -0.25) is 10.1 Å². The number of amides is 1. The van der Waals surface area contributed by atoms with Crippen LogP contribution in [0.1, 0.15) is 17.2 Å². The number of carbonyl (C=O) groups is 1. The van der Waals surface area contributed by atoms with Crippen LogP contribution in [0.25, 0.3) is 0 Å². The van der Waals surface area contributed by atoms with E-state index in [-0.39, 0.29) is 25.1 Å². The first-order valence-electron chi connectivity index (χ1n) is 7.49. The standard InChI is InChI=1S/C18H22N2O2/c21-14-17(16-9-5-2-6-10-16)20-13-18(22)19-12-11-15-7-3-1-4-8-15/h1-10,17,20-21H,11-14H2,(H,19,22). The Labute approximate surface area is 131 Å². The second kappa shape index (κ2) is 8.97. The highest BCUT2D eigenvalue weighted by atomic mass is 16.3. The summed E-state index contributed by atoms with van der Waals surface area (Å²) in [5, 5.41) is 15.4. The maximum Gasteiger partial charge on any atom is 0.233 e. The lowest BCUT2D eigenvalue weighted by Crippen LogP contribution is -2.37. The van der Waals surface area contributed by atoms with Crippen molar-refractivity contribution in [1.82, 2.24) is 10.6 Å². The molecule has 116 valence electrons. The zero-order chi connectivity index (χ0) is 15.6. The molecule has 2 aromatic carbocycles. The Morgan fingerprint density at radius 3 is 2.27 bits per heavy atom. The van der Waals surface area contributed by atoms with Gasteiger partial charge < -0.3 is 10.4 Å². The summed E-state index contributed by atoms with van der Waals surface area (Å²) in [6.45, 7) is 0.760. The summed E-state index contributed by atoms with van der Waals surface area (Å²) < 4.78 is 0. The molecule has 4 nitrogen and oxygen atoms in total. The van der Waals surface area contributed by atoms with E-state index < -0.39 is 0 Å². The van der Waals surface area contributed by atoms with E-state index in [1.54, 1.807) is 0 Å². The lowest BCUT2D eigenvalue weighted by Gasteiger charge is -2.16. The summed E-state index contributed by atoms with van der Waals surface area (Å²) in [6.07, 6.45) is 0.814. The maximum atomic E-state index is 11.8. The van der Waals surface area contributed by atoms with Crippen LogP contribution < -0.4 is 10.6 Å². The molecule has 2 aromatic rings. The number of hydrogen-bond donors (Lipinski definition) is 3. The van der Waals surface area contributed by atoms with Crippen LogP contribution in [0.15, 0.2) is 60.7 Å². The molecule has 1 atom stereocenters. The molecule has 0 aliphatic rings. The minimum absolute atomic E-state index is 0.0404. The maximum absolute atomic E-state index is 11.8. The van der Waals surface area contributed by atoms with E-state index in [0.29, 0.717) is 6.54 Å². The molecular formula is C18H22N2O2. The van der Waals surface area contributed by atoms with E-state index in [1.165, 1.54) is 5.56 Å². The van der Waals surface area contributed by atoms with Crippen molar-refractivity contribution in [2.24, 2.45) is 0 Å². The Morgan fingerprint density at radius 2 is 1.64 bits per heavy atom. The zero-order valence-corrected chi connectivity index (χ0v) is 12.5. The van der Waals surface area contributed by atoms with Crippen LogP contribution in [0, 0.1) is 0 Å². The molecule has 0 fully saturated rings. The first-order valence-corrected chi connectivity index (χ1v) is 7.49. The summed E-state index contributed by atoms with van der Waals surface area (Å²) >= 11 is 0. The van der Waals surface area contributed by atoms with Crippen molar-refractivity contribution in [3.8, 4) is 0 Å². The summed E-state index contributed by atoms with van der Waals surface area (Å²) in [7, 11) is 0. The molecule has 1 amide bonds. The van der Waals surface area contributed by atoms with Gasteiger partial charge in [0.25, 0.3) is 0 Å². The third-order valence-corrected chi connectivity index (χ3v) is 3.47. The summed E-state index contributed by atoms with van der Waals surface area (Å²) in [5.74, 6) is -0.0645. The van der Waals surface area contributed by atoms with Crippen molar-refractivity contribution < 1.29 is 9.90 Å². The van der Waals surface area contributed by atoms with Crippen molar-refractivity contribution in [1.29, 1.82) is 0 Å². The molecule has 0 aromatic heterocycles. The highest BCUT2D eigenvalue weighted by Gasteiger charge is 2.10. The quantitative estimate of drug-likeness (QED) is 0.695. The average molecular weight is 298 g/mol. The topological polar surface area (TPSA) is 61.4 Å². The number of hydrogen-bond acceptors (Lipinski definition) is 3. The largest absolute Gasteiger partial charge is 0.394 e. The summed E-state index contributed by atoms with van der Waals surface area (Å²) in [4.78, 5) is 11.8. The highest BCUT2D eigenvalue weighted by Crippen LogP contribution is 2.10. The smallest absolute Gasteiger partial charge is 0.233 e. The van der Waals surface area contributed by atoms with Gasteiger partial charge in [0.2, 0.25) is 5.91 Å². The van der Waals surface area contributed by atoms with E-state index in [1.807, 2.05) is 60.7 Å². The second-order valence-electron chi connectivity index (χ2n) is 5.11. The number of aliphatic hydroxyl groups excluding tert-OH is 1. The van der Waals surface area contributed by atoms with Crippen molar-refractivity contribution >= 4 is 5.91 Å². The third-order valence-electron chi connectivity index (χ3n) is 3.47. The van der Waals surface area contributed by atoms with E-state index in [2.05, 4.69) is 10.6 Å². The van der Waals surface area contributed by atoms with Gasteiger partial charge in [0.1, 0.15) is 0 Å². The molecule has 2 rings (SSSR count). The molecule has 0 aliphatic heterocycles. The van der Waals surface area contributed by atoms with Gasteiger partial charge in [0, 0.05) is 6.54 Å². The molecule has 0 radical (unpaired) electrons. The van der Waals surface area contributed by atoms with Crippen LogP contribution in [-0.2, 0) is 11.2 Å². The van der Waals surface area contributed by atoms with Crippen LogP contribution in [0.3, 0.4) is 0 Å². The molecular weight excluding hydrogens is 276 g/mol. The van der Waals surface area contributed by atoms with Gasteiger partial charge >= 0.3 is 0 Å². The Bertz CT molecular complexity index is 558. The van der Waals surface area contributed by atoms with Gasteiger partial charge in [0.15, 0.2) is 0 Å². The van der Waals surface area contributed by atoms with Gasteiger partial charge in [-0.15, -0.1) is 0 Å². The fourth-order valence-corrected chi connectivity index (χ4v) is 2.24. The van der Waals surface area contributed by atoms with E-state index >= 15 is 0 Å². The van der Waals surface area contributed by atoms with Gasteiger partial charge in [-0.05, 0) is 17.5 Å². The SMILES string of the molecule is O=C(CNC(CO)c1ccccc1)NCCc1ccccc1. The minimum atomic E-state index is -0.221. The molecule has 0 aliphatic carbocycles. The second-order valence-corrected chi connectivity index (χ2v) is 5.11. The Hall–Kier alpha value is -2.17. The van der Waals surface area contributed by atoms with Crippen LogP contribution in [0.5, 0.6) is 0 Å². The summed E-state index contributed by atoms with van der Waals surface area (Å²) in [5.41, 5.74) is 2.18. The van der Waals surface area contributed by atoms with Gasteiger partial charge in [-0.1, -0.05) is 60.7 Å². The van der Waals surface area contributed by atoms with Crippen LogP contribution in [-0.4, -0.2) is 30.7 Å². The van der Waals surface area contributed by atoms with Crippen molar-refractivity contribution in [3.05, 3.63) is 71.8 Å². The molecule has 0 bridgehead atoms. The van der Waals surface area contributed by atoms with Crippen LogP contribution in [0.2, 0.25) is 0 Å². The van der Waals surface area contributed by atoms with Gasteiger partial charge in [0.05, 0.1) is 19.2 Å². The summed E-state index contributed by atoms with van der Waals surface area (Å²) in [6, 6.07) is 19.4. The number of nitrogens with one attached hydrogen (secondary N) is 2. The Morgan fingerprint density at radius 1 is 1.00 bits per heavy atom. The number of benzene rings is 2. The lowest BCUT2D eigenvalue weighted by atomic mass is 10.1. The monoisotopic (exact) mass is 298 g/mol. The predicted molar refractivity (Wildman–Crippen MR) is 87.4 cm³/mol. The first-order chi connectivity index (χ1) is 10.8. The van der Waals surface area contributed by atoms with Crippen molar-refractivity contribution in [2.45, 2.75) is 12.5 Å². The average Bonchev–Trinajstić information content (AvgIpc) is 2.57. The molecule has 0 heterocycles. The molecule has 22 heavy (non-hydrogen) atoms. The number of aliphatic hydroxyl groups is 1. The third kappa shape index (κ3) is 5.31. The number of carbonyl (C=O) groups excluding carboxylic acids is 1. The van der Waals surface area contributed by atoms with E-state index in [9.17, 15) is 9.90 Å². The molecule has 3 N–H and O–H groups in total. The van der Waals surface area contributed by atoms with Crippen molar-refractivity contribution in [3.63, 3.8) is 0 Å². The minimum Gasteiger partial charge on any atom is -0.394 e. The Balaban J connectivity index is 1.70. The van der Waals surface area contributed by atoms with Crippen LogP contribution in [0.4, 0.5) is 0 Å². The molecule has 4 heteroatoms. The van der Waals surface area contributed by atoms with E-state index in [4.69, 9.17) is 0 Å². The fourth-order valence-electron chi connectivity index (χ4n) is 2.24.